The van der Waals surface area contributed by atoms with Gasteiger partial charge < -0.3 is 14.6 Å². The van der Waals surface area contributed by atoms with Gasteiger partial charge in [0, 0.05) is 0 Å². The molecule has 1 aromatic rings. The first-order chi connectivity index (χ1) is 9.20. The maximum atomic E-state index is 10.9. The topological polar surface area (TPSA) is 55.8 Å². The highest BCUT2D eigenvalue weighted by molar-refractivity contribution is 5.88. The first-order valence-electron chi connectivity index (χ1n) is 6.75. The first kappa shape index (κ1) is 13.7. The lowest BCUT2D eigenvalue weighted by atomic mass is 9.90. The van der Waals surface area contributed by atoms with Gasteiger partial charge in [-0.05, 0) is 37.0 Å². The standard InChI is InChI=1S/C15H20O4/c1-18-14-9-12(15(16)17)7-8-13(14)19-10-11-5-3-2-4-6-11/h7-9,11H,2-6,10H2,1H3,(H,16,17). The number of benzene rings is 1. The lowest BCUT2D eigenvalue weighted by Gasteiger charge is -2.22. The Morgan fingerprint density at radius 3 is 2.63 bits per heavy atom. The van der Waals surface area contributed by atoms with E-state index >= 15 is 0 Å². The second kappa shape index (κ2) is 6.45. The highest BCUT2D eigenvalue weighted by atomic mass is 16.5. The molecular weight excluding hydrogens is 244 g/mol. The van der Waals surface area contributed by atoms with Crippen LogP contribution in [-0.2, 0) is 0 Å². The summed E-state index contributed by atoms with van der Waals surface area (Å²) in [5.74, 6) is 0.753. The molecule has 0 heterocycles. The van der Waals surface area contributed by atoms with Crippen LogP contribution in [0.15, 0.2) is 18.2 Å². The molecule has 1 aliphatic carbocycles. The fourth-order valence-electron chi connectivity index (χ4n) is 2.48. The van der Waals surface area contributed by atoms with Crippen LogP contribution in [0.2, 0.25) is 0 Å². The summed E-state index contributed by atoms with van der Waals surface area (Å²) in [6, 6.07) is 4.71. The molecule has 0 atom stereocenters. The van der Waals surface area contributed by atoms with Crippen LogP contribution in [0.4, 0.5) is 0 Å². The molecule has 1 aliphatic rings. The number of hydrogen-bond acceptors (Lipinski definition) is 3. The van der Waals surface area contributed by atoms with Crippen molar-refractivity contribution in [1.29, 1.82) is 0 Å². The molecule has 4 heteroatoms. The normalized spacial score (nSPS) is 16.1. The van der Waals surface area contributed by atoms with E-state index in [-0.39, 0.29) is 5.56 Å². The zero-order valence-electron chi connectivity index (χ0n) is 11.2. The van der Waals surface area contributed by atoms with Gasteiger partial charge in [-0.3, -0.25) is 0 Å². The summed E-state index contributed by atoms with van der Waals surface area (Å²) in [5.41, 5.74) is 0.210. The van der Waals surface area contributed by atoms with Crippen LogP contribution in [-0.4, -0.2) is 24.8 Å². The van der Waals surface area contributed by atoms with E-state index in [1.807, 2.05) is 0 Å². The molecule has 0 aliphatic heterocycles. The highest BCUT2D eigenvalue weighted by Gasteiger charge is 2.16. The van der Waals surface area contributed by atoms with E-state index in [2.05, 4.69) is 0 Å². The lowest BCUT2D eigenvalue weighted by Crippen LogP contribution is -2.15. The average molecular weight is 264 g/mol. The SMILES string of the molecule is COc1cc(C(=O)O)ccc1OCC1CCCCC1. The van der Waals surface area contributed by atoms with Gasteiger partial charge in [0.25, 0.3) is 0 Å². The minimum Gasteiger partial charge on any atom is -0.493 e. The predicted molar refractivity (Wildman–Crippen MR) is 72.0 cm³/mol. The van der Waals surface area contributed by atoms with E-state index in [4.69, 9.17) is 14.6 Å². The minimum absolute atomic E-state index is 0.210. The van der Waals surface area contributed by atoms with E-state index in [0.29, 0.717) is 24.0 Å². The van der Waals surface area contributed by atoms with Crippen molar-refractivity contribution in [2.45, 2.75) is 32.1 Å². The number of methoxy groups -OCH3 is 1. The largest absolute Gasteiger partial charge is 0.493 e. The van der Waals surface area contributed by atoms with Gasteiger partial charge in [-0.25, -0.2) is 4.79 Å². The van der Waals surface area contributed by atoms with Crippen molar-refractivity contribution in [2.24, 2.45) is 5.92 Å². The molecule has 1 N–H and O–H groups in total. The van der Waals surface area contributed by atoms with Crippen LogP contribution in [0.1, 0.15) is 42.5 Å². The number of hydrogen-bond donors (Lipinski definition) is 1. The second-order valence-electron chi connectivity index (χ2n) is 4.99. The summed E-state index contributed by atoms with van der Waals surface area (Å²) < 4.78 is 11.0. The summed E-state index contributed by atoms with van der Waals surface area (Å²) in [6.07, 6.45) is 6.32. The number of ether oxygens (including phenoxy) is 2. The molecule has 0 saturated heterocycles. The third kappa shape index (κ3) is 3.63. The zero-order chi connectivity index (χ0) is 13.7. The van der Waals surface area contributed by atoms with Crippen molar-refractivity contribution in [3.05, 3.63) is 23.8 Å². The molecule has 4 nitrogen and oxygen atoms in total. The van der Waals surface area contributed by atoms with Crippen LogP contribution < -0.4 is 9.47 Å². The zero-order valence-corrected chi connectivity index (χ0v) is 11.2. The van der Waals surface area contributed by atoms with Crippen molar-refractivity contribution in [2.75, 3.05) is 13.7 Å². The smallest absolute Gasteiger partial charge is 0.335 e. The third-order valence-corrected chi connectivity index (χ3v) is 3.61. The molecule has 104 valence electrons. The Labute approximate surface area is 113 Å². The maximum Gasteiger partial charge on any atom is 0.335 e. The Bertz CT molecular complexity index is 436. The van der Waals surface area contributed by atoms with Crippen molar-refractivity contribution < 1.29 is 19.4 Å². The van der Waals surface area contributed by atoms with Crippen LogP contribution in [0.25, 0.3) is 0 Å². The Morgan fingerprint density at radius 2 is 2.00 bits per heavy atom. The molecule has 0 aromatic heterocycles. The highest BCUT2D eigenvalue weighted by Crippen LogP contribution is 2.30. The van der Waals surface area contributed by atoms with Gasteiger partial charge in [0.1, 0.15) is 0 Å². The summed E-state index contributed by atoms with van der Waals surface area (Å²) in [5, 5.41) is 8.93. The van der Waals surface area contributed by atoms with Crippen LogP contribution in [0.3, 0.4) is 0 Å². The Hall–Kier alpha value is -1.71. The van der Waals surface area contributed by atoms with Crippen LogP contribution >= 0.6 is 0 Å². The molecule has 0 amide bonds. The summed E-state index contributed by atoms with van der Waals surface area (Å²) in [4.78, 5) is 10.9. The minimum atomic E-state index is -0.961. The number of carbonyl (C=O) groups is 1. The molecular formula is C15H20O4. The average Bonchev–Trinajstić information content (AvgIpc) is 2.45. The van der Waals surface area contributed by atoms with Crippen LogP contribution in [0, 0.1) is 5.92 Å². The number of rotatable bonds is 5. The van der Waals surface area contributed by atoms with Crippen LogP contribution in [0.5, 0.6) is 11.5 Å². The van der Waals surface area contributed by atoms with Gasteiger partial charge in [-0.15, -0.1) is 0 Å². The number of carboxylic acids is 1. The lowest BCUT2D eigenvalue weighted by molar-refractivity contribution is 0.0696. The molecule has 1 fully saturated rings. The van der Waals surface area contributed by atoms with Gasteiger partial charge in [0.05, 0.1) is 19.3 Å². The van der Waals surface area contributed by atoms with Gasteiger partial charge in [-0.2, -0.15) is 0 Å². The van der Waals surface area contributed by atoms with Crippen molar-refractivity contribution in [1.82, 2.24) is 0 Å². The molecule has 0 radical (unpaired) electrons. The number of carboxylic acid groups (broad SMARTS) is 1. The first-order valence-corrected chi connectivity index (χ1v) is 6.75. The second-order valence-corrected chi connectivity index (χ2v) is 4.99. The monoisotopic (exact) mass is 264 g/mol. The summed E-state index contributed by atoms with van der Waals surface area (Å²) in [6.45, 7) is 0.683. The fraction of sp³-hybridized carbons (Fsp3) is 0.533. The molecule has 0 unspecified atom stereocenters. The fourth-order valence-corrected chi connectivity index (χ4v) is 2.48. The van der Waals surface area contributed by atoms with E-state index in [0.717, 1.165) is 0 Å². The van der Waals surface area contributed by atoms with E-state index < -0.39 is 5.97 Å². The molecule has 1 aromatic carbocycles. The van der Waals surface area contributed by atoms with Gasteiger partial charge in [-0.1, -0.05) is 19.3 Å². The molecule has 0 spiro atoms. The molecule has 1 saturated carbocycles. The van der Waals surface area contributed by atoms with Gasteiger partial charge in [0.2, 0.25) is 0 Å². The van der Waals surface area contributed by atoms with E-state index in [9.17, 15) is 4.79 Å². The number of aromatic carboxylic acids is 1. The molecule has 0 bridgehead atoms. The van der Waals surface area contributed by atoms with Crippen molar-refractivity contribution in [3.8, 4) is 11.5 Å². The molecule has 19 heavy (non-hydrogen) atoms. The quantitative estimate of drug-likeness (QED) is 0.886. The van der Waals surface area contributed by atoms with Crippen molar-refractivity contribution >= 4 is 5.97 Å². The van der Waals surface area contributed by atoms with E-state index in [1.54, 1.807) is 12.1 Å². The maximum absolute atomic E-state index is 10.9. The van der Waals surface area contributed by atoms with Crippen molar-refractivity contribution in [3.63, 3.8) is 0 Å². The molecule has 2 rings (SSSR count). The Kier molecular flexibility index (Phi) is 4.66. The summed E-state index contributed by atoms with van der Waals surface area (Å²) in [7, 11) is 1.52. The summed E-state index contributed by atoms with van der Waals surface area (Å²) >= 11 is 0. The Morgan fingerprint density at radius 1 is 1.26 bits per heavy atom. The third-order valence-electron chi connectivity index (χ3n) is 3.61. The predicted octanol–water partition coefficient (Wildman–Crippen LogP) is 3.35. The van der Waals surface area contributed by atoms with Gasteiger partial charge >= 0.3 is 5.97 Å². The van der Waals surface area contributed by atoms with E-state index in [1.165, 1.54) is 45.3 Å². The van der Waals surface area contributed by atoms with Gasteiger partial charge in [0.15, 0.2) is 11.5 Å². The Balaban J connectivity index is 2.00.